The zero-order chi connectivity index (χ0) is 9.47. The molecule has 2 rings (SSSR count). The van der Waals surface area contributed by atoms with Crippen LogP contribution in [0.25, 0.3) is 0 Å². The van der Waals surface area contributed by atoms with E-state index in [0.29, 0.717) is 0 Å². The molecule has 0 spiro atoms. The molecule has 0 radical (unpaired) electrons. The lowest BCUT2D eigenvalue weighted by Crippen LogP contribution is -2.39. The molecule has 1 aromatic carbocycles. The predicted molar refractivity (Wildman–Crippen MR) is 52.8 cm³/mol. The molecule has 0 aromatic heterocycles. The number of hydrogen-bond acceptors (Lipinski definition) is 1. The molecule has 1 amide bonds. The topological polar surface area (TPSA) is 20.3 Å². The van der Waals surface area contributed by atoms with Gasteiger partial charge in [-0.05, 0) is 31.9 Å². The summed E-state index contributed by atoms with van der Waals surface area (Å²) in [6.45, 7) is 4.17. The molecular weight excluding hydrogens is 162 g/mol. The molecule has 0 aliphatic carbocycles. The first-order valence-corrected chi connectivity index (χ1v) is 4.48. The van der Waals surface area contributed by atoms with Gasteiger partial charge in [-0.2, -0.15) is 0 Å². The van der Waals surface area contributed by atoms with Crippen LogP contribution in [0, 0.1) is 0 Å². The fourth-order valence-electron chi connectivity index (χ4n) is 1.97. The number of anilines is 1. The molecule has 0 saturated heterocycles. The number of nitrogens with zero attached hydrogens (tertiary/aromatic N) is 1. The van der Waals surface area contributed by atoms with Gasteiger partial charge in [0.15, 0.2) is 0 Å². The zero-order valence-electron chi connectivity index (χ0n) is 7.95. The second-order valence-electron chi connectivity index (χ2n) is 4.09. The number of carbonyl (C=O) groups is 1. The summed E-state index contributed by atoms with van der Waals surface area (Å²) in [7, 11) is 0. The van der Waals surface area contributed by atoms with Gasteiger partial charge in [0.25, 0.3) is 0 Å². The molecule has 1 aliphatic heterocycles. The lowest BCUT2D eigenvalue weighted by Gasteiger charge is -2.27. The maximum atomic E-state index is 10.9. The van der Waals surface area contributed by atoms with E-state index in [4.69, 9.17) is 0 Å². The maximum absolute atomic E-state index is 10.9. The third kappa shape index (κ3) is 1.13. The van der Waals surface area contributed by atoms with Gasteiger partial charge in [0, 0.05) is 11.2 Å². The van der Waals surface area contributed by atoms with Crippen LogP contribution in [-0.2, 0) is 11.2 Å². The molecule has 1 aliphatic rings. The monoisotopic (exact) mass is 175 g/mol. The van der Waals surface area contributed by atoms with Gasteiger partial charge < -0.3 is 4.90 Å². The highest BCUT2D eigenvalue weighted by Crippen LogP contribution is 2.36. The van der Waals surface area contributed by atoms with Crippen molar-refractivity contribution in [2.75, 3.05) is 4.90 Å². The summed E-state index contributed by atoms with van der Waals surface area (Å²) in [6, 6.07) is 8.07. The normalized spacial score (nSPS) is 18.5. The van der Waals surface area contributed by atoms with Crippen LogP contribution in [0.2, 0.25) is 0 Å². The van der Waals surface area contributed by atoms with Crippen molar-refractivity contribution in [2.24, 2.45) is 0 Å². The van der Waals surface area contributed by atoms with E-state index in [9.17, 15) is 4.79 Å². The lowest BCUT2D eigenvalue weighted by atomic mass is 10.00. The Morgan fingerprint density at radius 2 is 2.08 bits per heavy atom. The Labute approximate surface area is 78.2 Å². The Morgan fingerprint density at radius 1 is 1.38 bits per heavy atom. The van der Waals surface area contributed by atoms with Crippen molar-refractivity contribution >= 4 is 12.1 Å². The van der Waals surface area contributed by atoms with Gasteiger partial charge in [-0.25, -0.2) is 0 Å². The summed E-state index contributed by atoms with van der Waals surface area (Å²) in [5, 5.41) is 0. The molecule has 13 heavy (non-hydrogen) atoms. The summed E-state index contributed by atoms with van der Waals surface area (Å²) in [5.74, 6) is 0. The number of amides is 1. The molecule has 0 bridgehead atoms. The fraction of sp³-hybridized carbons (Fsp3) is 0.364. The fourth-order valence-corrected chi connectivity index (χ4v) is 1.97. The molecule has 0 N–H and O–H groups in total. The van der Waals surface area contributed by atoms with Gasteiger partial charge in [-0.1, -0.05) is 18.2 Å². The Kier molecular flexibility index (Phi) is 1.65. The minimum Gasteiger partial charge on any atom is -0.309 e. The van der Waals surface area contributed by atoms with Crippen molar-refractivity contribution in [3.05, 3.63) is 29.8 Å². The number of hydrogen-bond donors (Lipinski definition) is 0. The van der Waals surface area contributed by atoms with Crippen molar-refractivity contribution in [2.45, 2.75) is 25.8 Å². The number of rotatable bonds is 1. The molecule has 68 valence electrons. The van der Waals surface area contributed by atoms with E-state index in [1.54, 1.807) is 0 Å². The number of benzene rings is 1. The summed E-state index contributed by atoms with van der Waals surface area (Å²) in [5.41, 5.74) is 2.26. The Morgan fingerprint density at radius 3 is 2.77 bits per heavy atom. The smallest absolute Gasteiger partial charge is 0.214 e. The average Bonchev–Trinajstić information content (AvgIpc) is 2.33. The average molecular weight is 175 g/mol. The van der Waals surface area contributed by atoms with Crippen molar-refractivity contribution in [1.29, 1.82) is 0 Å². The Bertz CT molecular complexity index is 344. The highest BCUT2D eigenvalue weighted by molar-refractivity contribution is 5.82. The maximum Gasteiger partial charge on any atom is 0.214 e. The van der Waals surface area contributed by atoms with Crippen LogP contribution in [0.1, 0.15) is 19.4 Å². The van der Waals surface area contributed by atoms with Crippen LogP contribution in [0.15, 0.2) is 24.3 Å². The minimum atomic E-state index is -0.0641. The summed E-state index contributed by atoms with van der Waals surface area (Å²) in [6.07, 6.45) is 1.87. The molecule has 0 fully saturated rings. The van der Waals surface area contributed by atoms with E-state index >= 15 is 0 Å². The highest BCUT2D eigenvalue weighted by Gasteiger charge is 2.35. The van der Waals surface area contributed by atoms with Crippen molar-refractivity contribution in [3.63, 3.8) is 0 Å². The van der Waals surface area contributed by atoms with Crippen LogP contribution in [0.5, 0.6) is 0 Å². The first kappa shape index (κ1) is 8.30. The lowest BCUT2D eigenvalue weighted by molar-refractivity contribution is -0.108. The van der Waals surface area contributed by atoms with Crippen LogP contribution in [-0.4, -0.2) is 11.9 Å². The van der Waals surface area contributed by atoms with Crippen LogP contribution >= 0.6 is 0 Å². The van der Waals surface area contributed by atoms with Crippen LogP contribution in [0.3, 0.4) is 0 Å². The first-order valence-electron chi connectivity index (χ1n) is 4.48. The Hall–Kier alpha value is -1.31. The van der Waals surface area contributed by atoms with E-state index in [1.807, 2.05) is 23.1 Å². The Balaban J connectivity index is 2.52. The van der Waals surface area contributed by atoms with E-state index in [2.05, 4.69) is 19.9 Å². The summed E-state index contributed by atoms with van der Waals surface area (Å²) in [4.78, 5) is 12.7. The second-order valence-corrected chi connectivity index (χ2v) is 4.09. The quantitative estimate of drug-likeness (QED) is 0.598. The van der Waals surface area contributed by atoms with Crippen molar-refractivity contribution in [1.82, 2.24) is 0 Å². The van der Waals surface area contributed by atoms with Crippen LogP contribution in [0.4, 0.5) is 5.69 Å². The van der Waals surface area contributed by atoms with Gasteiger partial charge >= 0.3 is 0 Å². The summed E-state index contributed by atoms with van der Waals surface area (Å²) < 4.78 is 0. The molecule has 0 atom stereocenters. The molecule has 0 unspecified atom stereocenters. The van der Waals surface area contributed by atoms with E-state index < -0.39 is 0 Å². The number of carbonyl (C=O) groups excluding carboxylic acids is 1. The van der Waals surface area contributed by atoms with Gasteiger partial charge in [0.2, 0.25) is 6.41 Å². The van der Waals surface area contributed by atoms with Gasteiger partial charge in [-0.15, -0.1) is 0 Å². The summed E-state index contributed by atoms with van der Waals surface area (Å²) >= 11 is 0. The third-order valence-corrected chi connectivity index (χ3v) is 2.63. The molecule has 1 heterocycles. The first-order chi connectivity index (χ1) is 6.15. The van der Waals surface area contributed by atoms with Crippen LogP contribution < -0.4 is 4.90 Å². The largest absolute Gasteiger partial charge is 0.309 e. The predicted octanol–water partition coefficient (Wildman–Crippen LogP) is 1.98. The highest BCUT2D eigenvalue weighted by atomic mass is 16.1. The molecule has 1 aromatic rings. The standard InChI is InChI=1S/C11H13NO/c1-11(2)7-9-5-3-4-6-10(9)12(11)8-13/h3-6,8H,7H2,1-2H3. The number of fused-ring (bicyclic) bond motifs is 1. The van der Waals surface area contributed by atoms with E-state index in [0.717, 1.165) is 18.5 Å². The zero-order valence-corrected chi connectivity index (χ0v) is 7.95. The van der Waals surface area contributed by atoms with Crippen molar-refractivity contribution in [3.8, 4) is 0 Å². The third-order valence-electron chi connectivity index (χ3n) is 2.63. The minimum absolute atomic E-state index is 0.0641. The molecule has 0 saturated carbocycles. The van der Waals surface area contributed by atoms with E-state index in [1.165, 1.54) is 5.56 Å². The molecule has 2 nitrogen and oxygen atoms in total. The van der Waals surface area contributed by atoms with Gasteiger partial charge in [0.1, 0.15) is 0 Å². The molecular formula is C11H13NO. The molecule has 2 heteroatoms. The van der Waals surface area contributed by atoms with Crippen molar-refractivity contribution < 1.29 is 4.79 Å². The second kappa shape index (κ2) is 2.59. The van der Waals surface area contributed by atoms with Gasteiger partial charge in [0.05, 0.1) is 0 Å². The SMILES string of the molecule is CC1(C)Cc2ccccc2N1C=O. The van der Waals surface area contributed by atoms with E-state index in [-0.39, 0.29) is 5.54 Å². The number of para-hydroxylation sites is 1. The van der Waals surface area contributed by atoms with Gasteiger partial charge in [-0.3, -0.25) is 4.79 Å².